The number of methoxy groups -OCH3 is 2. The van der Waals surface area contributed by atoms with E-state index < -0.39 is 0 Å². The fourth-order valence-electron chi connectivity index (χ4n) is 3.33. The molecule has 1 fully saturated rings. The number of rotatable bonds is 12. The number of carbonyl (C=O) groups excluding carboxylic acids is 2. The summed E-state index contributed by atoms with van der Waals surface area (Å²) < 4.78 is 16.0. The molecule has 0 saturated carbocycles. The van der Waals surface area contributed by atoms with Crippen LogP contribution < -0.4 is 15.4 Å². The number of ether oxygens (including phenoxy) is 3. The lowest BCUT2D eigenvalue weighted by Crippen LogP contribution is -2.38. The highest BCUT2D eigenvalue weighted by Crippen LogP contribution is 2.28. The lowest BCUT2D eigenvalue weighted by atomic mass is 10.2. The van der Waals surface area contributed by atoms with Crippen molar-refractivity contribution in [3.63, 3.8) is 0 Å². The predicted octanol–water partition coefficient (Wildman–Crippen LogP) is 2.67. The molecule has 0 aliphatic carbocycles. The maximum absolute atomic E-state index is 13.0. The van der Waals surface area contributed by atoms with Crippen molar-refractivity contribution in [2.75, 3.05) is 52.4 Å². The molecule has 1 aliphatic heterocycles. The molecule has 1 saturated heterocycles. The molecule has 3 rings (SSSR count). The highest BCUT2D eigenvalue weighted by molar-refractivity contribution is 7.14. The summed E-state index contributed by atoms with van der Waals surface area (Å²) in [5, 5.41) is 8.36. The van der Waals surface area contributed by atoms with Crippen LogP contribution in [0.3, 0.4) is 0 Å². The maximum Gasteiger partial charge on any atom is 0.273 e. The molecule has 0 radical (unpaired) electrons. The Labute approximate surface area is 192 Å². The van der Waals surface area contributed by atoms with Crippen molar-refractivity contribution < 1.29 is 23.8 Å². The Morgan fingerprint density at radius 3 is 2.88 bits per heavy atom. The molecular weight excluding hydrogens is 432 g/mol. The van der Waals surface area contributed by atoms with Crippen molar-refractivity contribution in [1.29, 1.82) is 0 Å². The van der Waals surface area contributed by atoms with Gasteiger partial charge < -0.3 is 29.7 Å². The van der Waals surface area contributed by atoms with Gasteiger partial charge in [0.15, 0.2) is 5.13 Å². The number of hydrogen-bond acceptors (Lipinski definition) is 8. The van der Waals surface area contributed by atoms with Crippen molar-refractivity contribution in [3.8, 4) is 5.75 Å². The number of benzene rings is 1. The number of hydrogen-bond donors (Lipinski definition) is 2. The van der Waals surface area contributed by atoms with Gasteiger partial charge in [-0.15, -0.1) is 11.3 Å². The standard InChI is InChI=1S/C22H30N4O5S/c1-29-13-11-26(10-9-20(27)23-14-16-6-5-12-31-16)21(28)18-15-32-22(25-18)24-17-7-3-4-8-19(17)30-2/h3-4,7-8,15-16H,5-6,9-14H2,1-2H3,(H,23,27)(H,24,25)/t16-/m1/s1. The Kier molecular flexibility index (Phi) is 9.27. The van der Waals surface area contributed by atoms with Crippen molar-refractivity contribution in [2.24, 2.45) is 0 Å². The van der Waals surface area contributed by atoms with Crippen LogP contribution in [0.5, 0.6) is 5.75 Å². The van der Waals surface area contributed by atoms with Crippen LogP contribution in [0.1, 0.15) is 29.8 Å². The summed E-state index contributed by atoms with van der Waals surface area (Å²) >= 11 is 1.33. The molecule has 2 N–H and O–H groups in total. The Morgan fingerprint density at radius 1 is 1.28 bits per heavy atom. The van der Waals surface area contributed by atoms with Crippen molar-refractivity contribution in [1.82, 2.24) is 15.2 Å². The summed E-state index contributed by atoms with van der Waals surface area (Å²) in [6.45, 7) is 2.30. The third-order valence-corrected chi connectivity index (χ3v) is 5.84. The molecule has 1 aromatic heterocycles. The van der Waals surface area contributed by atoms with Crippen molar-refractivity contribution >= 4 is 34.0 Å². The number of aromatic nitrogens is 1. The van der Waals surface area contributed by atoms with E-state index in [0.29, 0.717) is 36.3 Å². The average Bonchev–Trinajstić information content (AvgIpc) is 3.50. The molecule has 0 unspecified atom stereocenters. The lowest BCUT2D eigenvalue weighted by molar-refractivity contribution is -0.121. The summed E-state index contributed by atoms with van der Waals surface area (Å²) in [5.41, 5.74) is 1.09. The highest BCUT2D eigenvalue weighted by atomic mass is 32.1. The molecule has 2 amide bonds. The van der Waals surface area contributed by atoms with Gasteiger partial charge in [-0.1, -0.05) is 12.1 Å². The van der Waals surface area contributed by atoms with E-state index in [1.165, 1.54) is 11.3 Å². The first-order valence-corrected chi connectivity index (χ1v) is 11.5. The van der Waals surface area contributed by atoms with Crippen LogP contribution in [0.15, 0.2) is 29.6 Å². The van der Waals surface area contributed by atoms with Gasteiger partial charge in [-0.2, -0.15) is 0 Å². The molecular formula is C22H30N4O5S. The SMILES string of the molecule is COCCN(CCC(=O)NC[C@H]1CCCO1)C(=O)c1csc(Nc2ccccc2OC)n1. The second kappa shape index (κ2) is 12.4. The Bertz CT molecular complexity index is 885. The van der Waals surface area contributed by atoms with E-state index in [2.05, 4.69) is 15.6 Å². The zero-order chi connectivity index (χ0) is 22.8. The van der Waals surface area contributed by atoms with Gasteiger partial charge in [-0.3, -0.25) is 9.59 Å². The molecule has 0 bridgehead atoms. The first-order valence-electron chi connectivity index (χ1n) is 10.6. The zero-order valence-corrected chi connectivity index (χ0v) is 19.3. The Hall–Kier alpha value is -2.69. The normalized spacial score (nSPS) is 15.4. The second-order valence-electron chi connectivity index (χ2n) is 7.34. The number of amides is 2. The molecule has 0 spiro atoms. The average molecular weight is 463 g/mol. The number of nitrogens with one attached hydrogen (secondary N) is 2. The smallest absolute Gasteiger partial charge is 0.273 e. The first kappa shape index (κ1) is 24.0. The molecule has 1 aromatic carbocycles. The van der Waals surface area contributed by atoms with Crippen molar-refractivity contribution in [2.45, 2.75) is 25.4 Å². The number of carbonyl (C=O) groups is 2. The second-order valence-corrected chi connectivity index (χ2v) is 8.20. The number of anilines is 2. The quantitative estimate of drug-likeness (QED) is 0.500. The van der Waals surface area contributed by atoms with Crippen LogP contribution in [0.4, 0.5) is 10.8 Å². The zero-order valence-electron chi connectivity index (χ0n) is 18.5. The molecule has 174 valence electrons. The minimum absolute atomic E-state index is 0.0920. The van der Waals surface area contributed by atoms with Crippen LogP contribution in [-0.2, 0) is 14.3 Å². The van der Waals surface area contributed by atoms with Crippen LogP contribution in [-0.4, -0.2) is 74.9 Å². The molecule has 9 nitrogen and oxygen atoms in total. The fraction of sp³-hybridized carbons (Fsp3) is 0.500. The minimum Gasteiger partial charge on any atom is -0.495 e. The summed E-state index contributed by atoms with van der Waals surface area (Å²) in [6, 6.07) is 7.49. The van der Waals surface area contributed by atoms with Gasteiger partial charge in [0.05, 0.1) is 25.5 Å². The molecule has 2 aromatic rings. The Morgan fingerprint density at radius 2 is 2.12 bits per heavy atom. The largest absolute Gasteiger partial charge is 0.495 e. The van der Waals surface area contributed by atoms with E-state index in [1.54, 1.807) is 24.5 Å². The first-order chi connectivity index (χ1) is 15.6. The number of thiazole rings is 1. The van der Waals surface area contributed by atoms with E-state index in [4.69, 9.17) is 14.2 Å². The third kappa shape index (κ3) is 6.91. The number of nitrogens with zero attached hydrogens (tertiary/aromatic N) is 2. The van der Waals surface area contributed by atoms with Crippen LogP contribution >= 0.6 is 11.3 Å². The van der Waals surface area contributed by atoms with E-state index in [0.717, 1.165) is 25.1 Å². The van der Waals surface area contributed by atoms with E-state index in [1.807, 2.05) is 24.3 Å². The van der Waals surface area contributed by atoms with Crippen LogP contribution in [0.25, 0.3) is 0 Å². The minimum atomic E-state index is -0.238. The van der Waals surface area contributed by atoms with E-state index >= 15 is 0 Å². The maximum atomic E-state index is 13.0. The van der Waals surface area contributed by atoms with Gasteiger partial charge in [0.25, 0.3) is 5.91 Å². The molecule has 2 heterocycles. The van der Waals surface area contributed by atoms with Crippen LogP contribution in [0, 0.1) is 0 Å². The van der Waals surface area contributed by atoms with Gasteiger partial charge in [-0.25, -0.2) is 4.98 Å². The van der Waals surface area contributed by atoms with Gasteiger partial charge in [-0.05, 0) is 25.0 Å². The summed E-state index contributed by atoms with van der Waals surface area (Å²) in [5.74, 6) is 0.345. The molecule has 10 heteroatoms. The van der Waals surface area contributed by atoms with Gasteiger partial charge >= 0.3 is 0 Å². The molecule has 1 atom stereocenters. The van der Waals surface area contributed by atoms with Crippen molar-refractivity contribution in [3.05, 3.63) is 35.3 Å². The van der Waals surface area contributed by atoms with Gasteiger partial charge in [0.2, 0.25) is 5.91 Å². The van der Waals surface area contributed by atoms with Crippen LogP contribution in [0.2, 0.25) is 0 Å². The van der Waals surface area contributed by atoms with Gasteiger partial charge in [0, 0.05) is 45.2 Å². The van der Waals surface area contributed by atoms with Gasteiger partial charge in [0.1, 0.15) is 11.4 Å². The highest BCUT2D eigenvalue weighted by Gasteiger charge is 2.21. The third-order valence-electron chi connectivity index (χ3n) is 5.08. The summed E-state index contributed by atoms with van der Waals surface area (Å²) in [4.78, 5) is 31.3. The fourth-order valence-corrected chi connectivity index (χ4v) is 4.03. The van der Waals surface area contributed by atoms with E-state index in [-0.39, 0.29) is 30.9 Å². The lowest BCUT2D eigenvalue weighted by Gasteiger charge is -2.21. The Balaban J connectivity index is 1.56. The molecule has 1 aliphatic rings. The number of para-hydroxylation sites is 2. The summed E-state index contributed by atoms with van der Waals surface area (Å²) in [6.07, 6.45) is 2.29. The molecule has 32 heavy (non-hydrogen) atoms. The summed E-state index contributed by atoms with van der Waals surface area (Å²) in [7, 11) is 3.18. The van der Waals surface area contributed by atoms with E-state index in [9.17, 15) is 9.59 Å². The monoisotopic (exact) mass is 462 g/mol. The topological polar surface area (TPSA) is 102 Å². The predicted molar refractivity (Wildman–Crippen MR) is 123 cm³/mol.